The van der Waals surface area contributed by atoms with Crippen molar-refractivity contribution in [1.29, 1.82) is 0 Å². The van der Waals surface area contributed by atoms with Gasteiger partial charge in [0.2, 0.25) is 0 Å². The average molecular weight is 581 g/mol. The van der Waals surface area contributed by atoms with Crippen LogP contribution >= 0.6 is 0 Å². The Labute approximate surface area is 252 Å². The molecule has 1 unspecified atom stereocenters. The van der Waals surface area contributed by atoms with E-state index in [-0.39, 0.29) is 0 Å². The molecule has 224 valence electrons. The Bertz CT molecular complexity index is 1540. The fourth-order valence-electron chi connectivity index (χ4n) is 6.30. The first-order chi connectivity index (χ1) is 21.2. The van der Waals surface area contributed by atoms with Gasteiger partial charge in [-0.3, -0.25) is 19.8 Å². The van der Waals surface area contributed by atoms with Gasteiger partial charge in [0.1, 0.15) is 12.4 Å². The lowest BCUT2D eigenvalue weighted by molar-refractivity contribution is -0.124. The number of H-pyrrole nitrogens is 1. The molecule has 3 N–H and O–H groups in total. The van der Waals surface area contributed by atoms with Crippen molar-refractivity contribution in [1.82, 2.24) is 20.3 Å². The number of hydroxylamine groups is 1. The molecule has 6 rings (SSSR count). The molecule has 1 amide bonds. The van der Waals surface area contributed by atoms with Crippen LogP contribution in [0.5, 0.6) is 5.75 Å². The summed E-state index contributed by atoms with van der Waals surface area (Å²) in [7, 11) is 0. The summed E-state index contributed by atoms with van der Waals surface area (Å²) in [6.45, 7) is 6.93. The van der Waals surface area contributed by atoms with Gasteiger partial charge in [-0.15, -0.1) is 0 Å². The first-order valence-corrected chi connectivity index (χ1v) is 15.2. The second-order valence-electron chi connectivity index (χ2n) is 11.3. The van der Waals surface area contributed by atoms with Crippen LogP contribution in [-0.2, 0) is 28.9 Å². The summed E-state index contributed by atoms with van der Waals surface area (Å²) in [4.78, 5) is 19.9. The number of carbonyl (C=O) groups is 1. The molecule has 1 atom stereocenters. The number of hydrogen-bond acceptors (Lipinski definition) is 6. The van der Waals surface area contributed by atoms with Crippen LogP contribution < -0.4 is 10.2 Å². The van der Waals surface area contributed by atoms with E-state index in [1.54, 1.807) is 11.6 Å². The summed E-state index contributed by atoms with van der Waals surface area (Å²) in [5.41, 5.74) is 9.05. The highest BCUT2D eigenvalue weighted by atomic mass is 16.5. The standard InChI is InChI=1S/C35H40N4O4/c40-35(37-41)14-8-26-7-12-32-28(23-26)9-13-34(32)39(16-15-29-24-36-33-4-2-1-3-31(29)33)25-27-5-10-30(11-6-27)43-22-19-38-17-20-42-21-18-38/h1-8,10-12,14,23-24,34,36,41H,9,13,15-22,25H2,(H,37,40)/b14-8+. The number of ether oxygens (including phenoxy) is 2. The van der Waals surface area contributed by atoms with Gasteiger partial charge in [0.15, 0.2) is 0 Å². The number of fused-ring (bicyclic) bond motifs is 2. The average Bonchev–Trinajstić information content (AvgIpc) is 3.67. The molecule has 1 saturated heterocycles. The number of benzene rings is 3. The van der Waals surface area contributed by atoms with Crippen LogP contribution in [0.15, 0.2) is 79.0 Å². The van der Waals surface area contributed by atoms with Gasteiger partial charge in [0.25, 0.3) is 5.91 Å². The number of hydrogen-bond donors (Lipinski definition) is 3. The first kappa shape index (κ1) is 29.1. The zero-order chi connectivity index (χ0) is 29.4. The number of carbonyl (C=O) groups excluding carboxylic acids is 1. The number of amides is 1. The van der Waals surface area contributed by atoms with Gasteiger partial charge in [-0.05, 0) is 71.4 Å². The lowest BCUT2D eigenvalue weighted by Gasteiger charge is -2.30. The highest BCUT2D eigenvalue weighted by molar-refractivity contribution is 5.90. The molecule has 8 nitrogen and oxygen atoms in total. The quantitative estimate of drug-likeness (QED) is 0.122. The monoisotopic (exact) mass is 580 g/mol. The van der Waals surface area contributed by atoms with E-state index in [1.165, 1.54) is 39.2 Å². The van der Waals surface area contributed by atoms with Crippen LogP contribution in [0.25, 0.3) is 17.0 Å². The van der Waals surface area contributed by atoms with Crippen molar-refractivity contribution >= 4 is 22.9 Å². The van der Waals surface area contributed by atoms with Crippen molar-refractivity contribution in [3.8, 4) is 5.75 Å². The molecule has 43 heavy (non-hydrogen) atoms. The van der Waals surface area contributed by atoms with Crippen molar-refractivity contribution in [2.75, 3.05) is 46.0 Å². The van der Waals surface area contributed by atoms with Gasteiger partial charge in [-0.2, -0.15) is 0 Å². The van der Waals surface area contributed by atoms with Crippen molar-refractivity contribution in [2.45, 2.75) is 31.8 Å². The molecule has 0 saturated carbocycles. The zero-order valence-corrected chi connectivity index (χ0v) is 24.5. The second-order valence-corrected chi connectivity index (χ2v) is 11.3. The third-order valence-electron chi connectivity index (χ3n) is 8.62. The Kier molecular flexibility index (Phi) is 9.50. The van der Waals surface area contributed by atoms with E-state index in [2.05, 4.69) is 87.7 Å². The number of rotatable bonds is 12. The SMILES string of the molecule is O=C(/C=C/c1ccc2c(c1)CCC2N(CCc1c[nH]c2ccccc12)Cc1ccc(OCCN2CCOCC2)cc1)NO. The normalized spacial score (nSPS) is 17.1. The van der Waals surface area contributed by atoms with Crippen molar-refractivity contribution < 1.29 is 19.5 Å². The lowest BCUT2D eigenvalue weighted by atomic mass is 10.0. The molecule has 1 aliphatic carbocycles. The highest BCUT2D eigenvalue weighted by Gasteiger charge is 2.28. The molecule has 0 radical (unpaired) electrons. The molecular formula is C35H40N4O4. The second kappa shape index (κ2) is 14.0. The molecule has 8 heteroatoms. The minimum absolute atomic E-state index is 0.309. The van der Waals surface area contributed by atoms with Crippen LogP contribution in [0.4, 0.5) is 0 Å². The van der Waals surface area contributed by atoms with E-state index in [4.69, 9.17) is 14.7 Å². The van der Waals surface area contributed by atoms with Crippen LogP contribution in [0, 0.1) is 0 Å². The summed E-state index contributed by atoms with van der Waals surface area (Å²) in [5.74, 6) is 0.374. The smallest absolute Gasteiger partial charge is 0.267 e. The van der Waals surface area contributed by atoms with Crippen molar-refractivity contribution in [2.24, 2.45) is 0 Å². The molecular weight excluding hydrogens is 540 g/mol. The summed E-state index contributed by atoms with van der Waals surface area (Å²) >= 11 is 0. The molecule has 1 fully saturated rings. The maximum atomic E-state index is 11.5. The number of nitrogens with one attached hydrogen (secondary N) is 2. The molecule has 2 heterocycles. The predicted octanol–water partition coefficient (Wildman–Crippen LogP) is 5.13. The van der Waals surface area contributed by atoms with Gasteiger partial charge in [-0.1, -0.05) is 48.5 Å². The van der Waals surface area contributed by atoms with E-state index in [1.807, 2.05) is 0 Å². The summed E-state index contributed by atoms with van der Waals surface area (Å²) in [6, 6.07) is 23.8. The van der Waals surface area contributed by atoms with Crippen LogP contribution in [0.2, 0.25) is 0 Å². The van der Waals surface area contributed by atoms with Gasteiger partial charge in [0, 0.05) is 61.9 Å². The number of aryl methyl sites for hydroxylation is 1. The maximum Gasteiger partial charge on any atom is 0.267 e. The van der Waals surface area contributed by atoms with E-state index < -0.39 is 5.91 Å². The predicted molar refractivity (Wildman–Crippen MR) is 168 cm³/mol. The Balaban J connectivity index is 1.16. The minimum Gasteiger partial charge on any atom is -0.492 e. The van der Waals surface area contributed by atoms with E-state index in [9.17, 15) is 4.79 Å². The minimum atomic E-state index is -0.532. The summed E-state index contributed by atoms with van der Waals surface area (Å²) in [6.07, 6.45) is 8.23. The van der Waals surface area contributed by atoms with Gasteiger partial charge in [-0.25, -0.2) is 5.48 Å². The zero-order valence-electron chi connectivity index (χ0n) is 24.5. The van der Waals surface area contributed by atoms with Crippen molar-refractivity contribution in [3.05, 3.63) is 107 Å². The highest BCUT2D eigenvalue weighted by Crippen LogP contribution is 2.37. The van der Waals surface area contributed by atoms with Gasteiger partial charge >= 0.3 is 0 Å². The topological polar surface area (TPSA) is 90.1 Å². The Morgan fingerprint density at radius 1 is 1.12 bits per heavy atom. The maximum absolute atomic E-state index is 11.5. The van der Waals surface area contributed by atoms with Crippen LogP contribution in [0.3, 0.4) is 0 Å². The van der Waals surface area contributed by atoms with Gasteiger partial charge in [0.05, 0.1) is 13.2 Å². The molecule has 3 aromatic carbocycles. The first-order valence-electron chi connectivity index (χ1n) is 15.2. The number of aromatic nitrogens is 1. The number of para-hydroxylation sites is 1. The molecule has 1 aliphatic heterocycles. The van der Waals surface area contributed by atoms with Crippen molar-refractivity contribution in [3.63, 3.8) is 0 Å². The summed E-state index contributed by atoms with van der Waals surface area (Å²) < 4.78 is 11.5. The molecule has 0 spiro atoms. The molecule has 1 aromatic heterocycles. The van der Waals surface area contributed by atoms with Crippen LogP contribution in [-0.4, -0.2) is 71.9 Å². The van der Waals surface area contributed by atoms with Gasteiger partial charge < -0.3 is 14.5 Å². The number of nitrogens with zero attached hydrogens (tertiary/aromatic N) is 2. The summed E-state index contributed by atoms with van der Waals surface area (Å²) in [5, 5.41) is 10.1. The largest absolute Gasteiger partial charge is 0.492 e. The third kappa shape index (κ3) is 7.35. The lowest BCUT2D eigenvalue weighted by Crippen LogP contribution is -2.38. The fraction of sp³-hybridized carbons (Fsp3) is 0.343. The Morgan fingerprint density at radius 2 is 1.95 bits per heavy atom. The van der Waals surface area contributed by atoms with E-state index >= 15 is 0 Å². The Morgan fingerprint density at radius 3 is 2.79 bits per heavy atom. The Hall–Kier alpha value is -3.95. The fourth-order valence-corrected chi connectivity index (χ4v) is 6.30. The van der Waals surface area contributed by atoms with E-state index in [0.717, 1.165) is 76.5 Å². The number of morpholine rings is 1. The number of aromatic amines is 1. The third-order valence-corrected chi connectivity index (χ3v) is 8.62. The van der Waals surface area contributed by atoms with Crippen LogP contribution in [0.1, 0.15) is 40.3 Å². The molecule has 0 bridgehead atoms. The molecule has 2 aliphatic rings. The van der Waals surface area contributed by atoms with E-state index in [0.29, 0.717) is 12.6 Å². The molecule has 4 aromatic rings.